The Morgan fingerprint density at radius 1 is 0.970 bits per heavy atom. The zero-order chi connectivity index (χ0) is 23.1. The molecule has 1 amide bonds. The predicted octanol–water partition coefficient (Wildman–Crippen LogP) is 4.01. The summed E-state index contributed by atoms with van der Waals surface area (Å²) in [7, 11) is 0. The zero-order valence-corrected chi connectivity index (χ0v) is 20.4. The summed E-state index contributed by atoms with van der Waals surface area (Å²) < 4.78 is 2.36. The van der Waals surface area contributed by atoms with Gasteiger partial charge in [0, 0.05) is 56.9 Å². The number of piperazine rings is 1. The number of aromatic nitrogens is 2. The Kier molecular flexibility index (Phi) is 5.87. The molecule has 4 heterocycles. The molecule has 2 aliphatic rings. The Balaban J connectivity index is 1.58. The van der Waals surface area contributed by atoms with E-state index < -0.39 is 0 Å². The Bertz CT molecular complexity index is 1190. The van der Waals surface area contributed by atoms with Crippen molar-refractivity contribution >= 4 is 22.6 Å². The Hall–Kier alpha value is -2.86. The van der Waals surface area contributed by atoms with E-state index in [9.17, 15) is 4.79 Å². The highest BCUT2D eigenvalue weighted by Gasteiger charge is 2.28. The number of rotatable bonds is 4. The maximum absolute atomic E-state index is 13.6. The lowest BCUT2D eigenvalue weighted by molar-refractivity contribution is 0.0638. The summed E-state index contributed by atoms with van der Waals surface area (Å²) in [5, 5.41) is 1.16. The highest BCUT2D eigenvalue weighted by Crippen LogP contribution is 2.35. The second kappa shape index (κ2) is 8.82. The van der Waals surface area contributed by atoms with Crippen molar-refractivity contribution in [2.75, 3.05) is 44.2 Å². The van der Waals surface area contributed by atoms with Crippen LogP contribution >= 0.6 is 0 Å². The van der Waals surface area contributed by atoms with Crippen LogP contribution in [-0.2, 0) is 19.5 Å². The molecule has 1 saturated heterocycles. The van der Waals surface area contributed by atoms with Crippen LogP contribution in [0, 0.1) is 13.8 Å². The fourth-order valence-electron chi connectivity index (χ4n) is 5.47. The first-order chi connectivity index (χ1) is 16.0. The first-order valence-electron chi connectivity index (χ1n) is 12.4. The second-order valence-corrected chi connectivity index (χ2v) is 9.35. The van der Waals surface area contributed by atoms with Crippen LogP contribution < -0.4 is 4.90 Å². The molecule has 0 unspecified atom stereocenters. The quantitative estimate of drug-likeness (QED) is 0.609. The van der Waals surface area contributed by atoms with Gasteiger partial charge in [-0.2, -0.15) is 0 Å². The Morgan fingerprint density at radius 2 is 1.70 bits per heavy atom. The monoisotopic (exact) mass is 445 g/mol. The smallest absolute Gasteiger partial charge is 0.272 e. The van der Waals surface area contributed by atoms with Crippen LogP contribution in [0.1, 0.15) is 46.7 Å². The van der Waals surface area contributed by atoms with Gasteiger partial charge in [-0.15, -0.1) is 0 Å². The number of amides is 1. The van der Waals surface area contributed by atoms with E-state index in [4.69, 9.17) is 4.98 Å². The van der Waals surface area contributed by atoms with Crippen molar-refractivity contribution in [3.63, 3.8) is 0 Å². The zero-order valence-electron chi connectivity index (χ0n) is 20.4. The molecule has 0 spiro atoms. The Morgan fingerprint density at radius 3 is 2.39 bits per heavy atom. The molecule has 6 heteroatoms. The molecule has 0 aliphatic carbocycles. The van der Waals surface area contributed by atoms with Gasteiger partial charge in [-0.3, -0.25) is 4.79 Å². The third-order valence-corrected chi connectivity index (χ3v) is 7.67. The van der Waals surface area contributed by atoms with Gasteiger partial charge in [-0.05, 0) is 56.5 Å². The lowest BCUT2D eigenvalue weighted by atomic mass is 10.00. The van der Waals surface area contributed by atoms with E-state index >= 15 is 0 Å². The van der Waals surface area contributed by atoms with Crippen LogP contribution in [0.4, 0.5) is 5.82 Å². The van der Waals surface area contributed by atoms with Crippen molar-refractivity contribution < 1.29 is 4.79 Å². The highest BCUT2D eigenvalue weighted by atomic mass is 16.2. The van der Waals surface area contributed by atoms with Gasteiger partial charge in [0.2, 0.25) is 0 Å². The van der Waals surface area contributed by atoms with Gasteiger partial charge in [-0.25, -0.2) is 4.98 Å². The first kappa shape index (κ1) is 22.0. The van der Waals surface area contributed by atoms with Crippen LogP contribution in [0.3, 0.4) is 0 Å². The van der Waals surface area contributed by atoms with Crippen molar-refractivity contribution in [3.05, 3.63) is 58.4 Å². The minimum Gasteiger partial charge on any atom is -0.350 e. The second-order valence-electron chi connectivity index (χ2n) is 9.35. The van der Waals surface area contributed by atoms with Gasteiger partial charge in [0.1, 0.15) is 5.69 Å². The predicted molar refractivity (Wildman–Crippen MR) is 134 cm³/mol. The number of carbonyl (C=O) groups excluding carboxylic acids is 1. The normalized spacial score (nSPS) is 17.0. The molecule has 2 aromatic heterocycles. The molecule has 0 saturated carbocycles. The van der Waals surface area contributed by atoms with E-state index in [0.29, 0.717) is 5.69 Å². The average Bonchev–Trinajstić information content (AvgIpc) is 3.12. The van der Waals surface area contributed by atoms with E-state index in [0.717, 1.165) is 70.0 Å². The molecule has 0 N–H and O–H groups in total. The van der Waals surface area contributed by atoms with Crippen LogP contribution in [0.2, 0.25) is 0 Å². The third kappa shape index (κ3) is 3.80. The summed E-state index contributed by atoms with van der Waals surface area (Å²) in [5.74, 6) is 1.02. The van der Waals surface area contributed by atoms with Crippen LogP contribution in [-0.4, -0.2) is 64.5 Å². The van der Waals surface area contributed by atoms with Crippen LogP contribution in [0.25, 0.3) is 10.9 Å². The summed E-state index contributed by atoms with van der Waals surface area (Å²) in [6, 6.07) is 10.7. The number of hydrogen-bond acceptors (Lipinski definition) is 4. The molecule has 3 aromatic rings. The van der Waals surface area contributed by atoms with E-state index in [1.807, 2.05) is 11.0 Å². The lowest BCUT2D eigenvalue weighted by Gasteiger charge is -2.34. The summed E-state index contributed by atoms with van der Waals surface area (Å²) in [5.41, 5.74) is 7.03. The van der Waals surface area contributed by atoms with Gasteiger partial charge in [0.25, 0.3) is 5.91 Å². The van der Waals surface area contributed by atoms with Gasteiger partial charge < -0.3 is 19.3 Å². The van der Waals surface area contributed by atoms with Crippen molar-refractivity contribution in [3.8, 4) is 0 Å². The van der Waals surface area contributed by atoms with Crippen LogP contribution in [0.15, 0.2) is 30.3 Å². The average molecular weight is 446 g/mol. The van der Waals surface area contributed by atoms with Crippen LogP contribution in [0.5, 0.6) is 0 Å². The molecule has 0 bridgehead atoms. The molecule has 6 nitrogen and oxygen atoms in total. The molecule has 1 fully saturated rings. The van der Waals surface area contributed by atoms with Crippen molar-refractivity contribution in [2.24, 2.45) is 0 Å². The van der Waals surface area contributed by atoms with Crippen molar-refractivity contribution in [2.45, 2.75) is 47.2 Å². The highest BCUT2D eigenvalue weighted by molar-refractivity contribution is 6.01. The third-order valence-electron chi connectivity index (χ3n) is 7.67. The number of nitrogens with zero attached hydrogens (tertiary/aromatic N) is 5. The molecule has 5 rings (SSSR count). The largest absolute Gasteiger partial charge is 0.350 e. The number of pyridine rings is 1. The number of fused-ring (bicyclic) bond motifs is 2. The fourth-order valence-corrected chi connectivity index (χ4v) is 5.47. The molecule has 33 heavy (non-hydrogen) atoms. The number of hydrogen-bond donors (Lipinski definition) is 0. The van der Waals surface area contributed by atoms with Crippen molar-refractivity contribution in [1.82, 2.24) is 19.4 Å². The van der Waals surface area contributed by atoms with E-state index in [2.05, 4.69) is 66.3 Å². The number of carbonyl (C=O) groups is 1. The van der Waals surface area contributed by atoms with Gasteiger partial charge in [0.05, 0.1) is 5.52 Å². The first-order valence-corrected chi connectivity index (χ1v) is 12.4. The number of benzene rings is 1. The van der Waals surface area contributed by atoms with Gasteiger partial charge >= 0.3 is 0 Å². The maximum atomic E-state index is 13.6. The minimum absolute atomic E-state index is 0.0626. The fraction of sp³-hybridized carbons (Fsp3) is 0.481. The molecule has 174 valence electrons. The standard InChI is InChI=1S/C27H35N5O/c1-5-29-13-15-30(16-14-29)27(33)24-17-23-19(3)20(4)32(6-2)25(23)26(28-24)31-12-11-21-9-7-8-10-22(21)18-31/h7-10,17H,5-6,11-16,18H2,1-4H3. The lowest BCUT2D eigenvalue weighted by Crippen LogP contribution is -2.48. The molecule has 2 aliphatic heterocycles. The maximum Gasteiger partial charge on any atom is 0.272 e. The number of likely N-dealkylation sites (N-methyl/N-ethyl adjacent to an activating group) is 1. The minimum atomic E-state index is 0.0626. The van der Waals surface area contributed by atoms with E-state index in [1.165, 1.54) is 27.9 Å². The van der Waals surface area contributed by atoms with Gasteiger partial charge in [0.15, 0.2) is 5.82 Å². The summed E-state index contributed by atoms with van der Waals surface area (Å²) in [4.78, 5) is 25.4. The van der Waals surface area contributed by atoms with Gasteiger partial charge in [-0.1, -0.05) is 31.2 Å². The summed E-state index contributed by atoms with van der Waals surface area (Å²) in [6.45, 7) is 15.8. The van der Waals surface area contributed by atoms with E-state index in [-0.39, 0.29) is 5.91 Å². The summed E-state index contributed by atoms with van der Waals surface area (Å²) >= 11 is 0. The molecule has 0 atom stereocenters. The van der Waals surface area contributed by atoms with Crippen molar-refractivity contribution in [1.29, 1.82) is 0 Å². The SMILES string of the molecule is CCN1CCN(C(=O)c2cc3c(C)c(C)n(CC)c3c(N3CCc4ccccc4C3)n2)CC1. The molecule has 1 aromatic carbocycles. The van der Waals surface area contributed by atoms with E-state index in [1.54, 1.807) is 0 Å². The Labute approximate surface area is 196 Å². The number of aryl methyl sites for hydroxylation is 2. The molecule has 0 radical (unpaired) electrons. The topological polar surface area (TPSA) is 44.6 Å². The molecular weight excluding hydrogens is 410 g/mol. The molecular formula is C27H35N5O. The summed E-state index contributed by atoms with van der Waals surface area (Å²) in [6.07, 6.45) is 1.00. The number of anilines is 1.